The highest BCUT2D eigenvalue weighted by molar-refractivity contribution is 7.20. The summed E-state index contributed by atoms with van der Waals surface area (Å²) in [7, 11) is 0. The van der Waals surface area contributed by atoms with Gasteiger partial charge >= 0.3 is 11.9 Å². The minimum atomic E-state index is -0.977. The summed E-state index contributed by atoms with van der Waals surface area (Å²) in [6.07, 6.45) is 0. The third kappa shape index (κ3) is 5.56. The van der Waals surface area contributed by atoms with E-state index in [1.807, 2.05) is 35.0 Å². The molecule has 2 aliphatic heterocycles. The van der Waals surface area contributed by atoms with Crippen LogP contribution in [0, 0.1) is 0 Å². The molecule has 48 heavy (non-hydrogen) atoms. The fourth-order valence-electron chi connectivity index (χ4n) is 6.53. The highest BCUT2D eigenvalue weighted by Gasteiger charge is 2.21. The minimum absolute atomic E-state index is 0.223. The van der Waals surface area contributed by atoms with E-state index in [4.69, 9.17) is 19.4 Å². The monoisotopic (exact) mass is 678 g/mol. The van der Waals surface area contributed by atoms with Crippen LogP contribution in [0.4, 0.5) is 11.4 Å². The lowest BCUT2D eigenvalue weighted by Gasteiger charge is -2.30. The number of aromatic carboxylic acids is 2. The van der Waals surface area contributed by atoms with E-state index in [0.29, 0.717) is 26.4 Å². The normalized spacial score (nSPS) is 15.3. The molecule has 2 N–H and O–H groups in total. The quantitative estimate of drug-likeness (QED) is 0.183. The SMILES string of the molecule is O=C(O)c1ccc2c(N3CCOCC3)ccc(-c3csc(-c4nc(-c5ccc(N6CCOCC6)c6ccc(C(=O)O)cc56)cs4)n3)c2c1. The maximum atomic E-state index is 11.9. The Kier molecular flexibility index (Phi) is 8.01. The molecule has 0 aliphatic carbocycles. The number of anilines is 2. The Bertz CT molecular complexity index is 2040. The van der Waals surface area contributed by atoms with Gasteiger partial charge in [-0.05, 0) is 47.2 Å². The van der Waals surface area contributed by atoms with Crippen LogP contribution in [-0.2, 0) is 9.47 Å². The molecule has 4 aromatic carbocycles. The summed E-state index contributed by atoms with van der Waals surface area (Å²) in [6.45, 7) is 5.67. The first kappa shape index (κ1) is 30.5. The van der Waals surface area contributed by atoms with Crippen LogP contribution < -0.4 is 9.80 Å². The molecule has 242 valence electrons. The van der Waals surface area contributed by atoms with Crippen molar-refractivity contribution >= 4 is 67.5 Å². The zero-order valence-electron chi connectivity index (χ0n) is 25.7. The van der Waals surface area contributed by atoms with Crippen molar-refractivity contribution in [1.29, 1.82) is 0 Å². The molecular weight excluding hydrogens is 649 g/mol. The van der Waals surface area contributed by atoms with E-state index in [1.54, 1.807) is 24.3 Å². The van der Waals surface area contributed by atoms with Gasteiger partial charge in [0.1, 0.15) is 0 Å². The molecular formula is C36H30N4O6S2. The van der Waals surface area contributed by atoms with Gasteiger partial charge in [-0.1, -0.05) is 24.3 Å². The van der Waals surface area contributed by atoms with Gasteiger partial charge in [-0.2, -0.15) is 0 Å². The summed E-state index contributed by atoms with van der Waals surface area (Å²) >= 11 is 2.97. The zero-order valence-corrected chi connectivity index (χ0v) is 27.4. The van der Waals surface area contributed by atoms with E-state index >= 15 is 0 Å². The molecule has 2 fully saturated rings. The largest absolute Gasteiger partial charge is 0.478 e. The summed E-state index contributed by atoms with van der Waals surface area (Å²) in [5.74, 6) is -1.95. The summed E-state index contributed by atoms with van der Waals surface area (Å²) in [5, 5.41) is 28.6. The van der Waals surface area contributed by atoms with E-state index in [1.165, 1.54) is 22.7 Å². The lowest BCUT2D eigenvalue weighted by atomic mass is 9.98. The molecule has 0 radical (unpaired) electrons. The molecule has 0 saturated carbocycles. The van der Waals surface area contributed by atoms with E-state index in [2.05, 4.69) is 21.9 Å². The molecule has 0 amide bonds. The average molecular weight is 679 g/mol. The number of carboxylic acid groups (broad SMARTS) is 2. The first-order chi connectivity index (χ1) is 23.4. The Hall–Kier alpha value is -4.88. The summed E-state index contributed by atoms with van der Waals surface area (Å²) < 4.78 is 11.1. The maximum Gasteiger partial charge on any atom is 0.335 e. The van der Waals surface area contributed by atoms with E-state index in [0.717, 1.165) is 91.6 Å². The molecule has 2 aromatic heterocycles. The Labute approximate surface area is 283 Å². The zero-order chi connectivity index (χ0) is 32.8. The maximum absolute atomic E-state index is 11.9. The van der Waals surface area contributed by atoms with Crippen molar-refractivity contribution in [2.24, 2.45) is 0 Å². The lowest BCUT2D eigenvalue weighted by Crippen LogP contribution is -2.36. The van der Waals surface area contributed by atoms with Gasteiger partial charge < -0.3 is 29.5 Å². The summed E-state index contributed by atoms with van der Waals surface area (Å²) in [5.41, 5.74) is 5.75. The number of morpholine rings is 2. The molecule has 2 saturated heterocycles. The number of thiazole rings is 2. The number of rotatable bonds is 7. The van der Waals surface area contributed by atoms with Crippen LogP contribution in [0.2, 0.25) is 0 Å². The van der Waals surface area contributed by atoms with Crippen LogP contribution in [0.5, 0.6) is 0 Å². The third-order valence-corrected chi connectivity index (χ3v) is 10.8. The van der Waals surface area contributed by atoms with Crippen molar-refractivity contribution in [3.05, 3.63) is 82.6 Å². The Morgan fingerprint density at radius 2 is 1.00 bits per heavy atom. The molecule has 0 unspecified atom stereocenters. The highest BCUT2D eigenvalue weighted by atomic mass is 32.1. The molecule has 6 aromatic rings. The van der Waals surface area contributed by atoms with Gasteiger partial charge in [0, 0.05) is 70.2 Å². The molecule has 0 spiro atoms. The van der Waals surface area contributed by atoms with Gasteiger partial charge in [-0.25, -0.2) is 19.6 Å². The Balaban J connectivity index is 1.17. The highest BCUT2D eigenvalue weighted by Crippen LogP contribution is 2.41. The second-order valence-electron chi connectivity index (χ2n) is 11.7. The molecule has 8 rings (SSSR count). The van der Waals surface area contributed by atoms with Crippen LogP contribution in [0.15, 0.2) is 71.4 Å². The van der Waals surface area contributed by atoms with Gasteiger partial charge in [0.05, 0.1) is 48.9 Å². The summed E-state index contributed by atoms with van der Waals surface area (Å²) in [4.78, 5) is 38.4. The molecule has 0 bridgehead atoms. The van der Waals surface area contributed by atoms with E-state index in [-0.39, 0.29) is 11.1 Å². The second kappa shape index (κ2) is 12.6. The summed E-state index contributed by atoms with van der Waals surface area (Å²) in [6, 6.07) is 18.7. The predicted molar refractivity (Wildman–Crippen MR) is 189 cm³/mol. The first-order valence-corrected chi connectivity index (χ1v) is 17.4. The average Bonchev–Trinajstić information content (AvgIpc) is 3.82. The minimum Gasteiger partial charge on any atom is -0.478 e. The number of benzene rings is 4. The topological polar surface area (TPSA) is 125 Å². The van der Waals surface area contributed by atoms with Crippen molar-refractivity contribution in [2.75, 3.05) is 62.4 Å². The number of hydrogen-bond acceptors (Lipinski definition) is 10. The number of aromatic nitrogens is 2. The van der Waals surface area contributed by atoms with Crippen molar-refractivity contribution in [1.82, 2.24) is 9.97 Å². The van der Waals surface area contributed by atoms with Crippen LogP contribution >= 0.6 is 22.7 Å². The Morgan fingerprint density at radius 1 is 0.583 bits per heavy atom. The number of nitrogens with zero attached hydrogens (tertiary/aromatic N) is 4. The van der Waals surface area contributed by atoms with Crippen molar-refractivity contribution in [3.8, 4) is 32.5 Å². The number of hydrogen-bond donors (Lipinski definition) is 2. The molecule has 2 aliphatic rings. The molecule has 0 atom stereocenters. The van der Waals surface area contributed by atoms with Crippen LogP contribution in [0.3, 0.4) is 0 Å². The fourth-order valence-corrected chi connectivity index (χ4v) is 8.22. The number of carboxylic acids is 2. The van der Waals surface area contributed by atoms with Gasteiger partial charge in [-0.15, -0.1) is 22.7 Å². The number of ether oxygens (including phenoxy) is 2. The smallest absolute Gasteiger partial charge is 0.335 e. The molecule has 10 nitrogen and oxygen atoms in total. The predicted octanol–water partition coefficient (Wildman–Crippen LogP) is 6.98. The van der Waals surface area contributed by atoms with Crippen LogP contribution in [0.1, 0.15) is 20.7 Å². The first-order valence-electron chi connectivity index (χ1n) is 15.6. The molecule has 12 heteroatoms. The number of carbonyl (C=O) groups is 2. The standard InChI is InChI=1S/C36H30N4O6S2/c41-35(42)21-1-3-25-27(17-21)23(5-7-31(25)39-9-13-45-14-10-39)29-19-47-33(37-29)34-38-30(20-48-34)24-6-8-32(40-11-15-46-16-12-40)26-4-2-22(36(43)44)18-28(24)26/h1-8,17-20H,9-16H2,(H,41,42)(H,43,44). The van der Waals surface area contributed by atoms with Crippen LogP contribution in [-0.4, -0.2) is 84.7 Å². The Morgan fingerprint density at radius 3 is 1.40 bits per heavy atom. The van der Waals surface area contributed by atoms with Gasteiger partial charge in [0.15, 0.2) is 10.0 Å². The fraction of sp³-hybridized carbons (Fsp3) is 0.222. The van der Waals surface area contributed by atoms with Crippen molar-refractivity contribution in [2.45, 2.75) is 0 Å². The van der Waals surface area contributed by atoms with Gasteiger partial charge in [0.25, 0.3) is 0 Å². The van der Waals surface area contributed by atoms with E-state index in [9.17, 15) is 19.8 Å². The van der Waals surface area contributed by atoms with Gasteiger partial charge in [-0.3, -0.25) is 0 Å². The lowest BCUT2D eigenvalue weighted by molar-refractivity contribution is 0.0686. The van der Waals surface area contributed by atoms with Crippen molar-refractivity contribution < 1.29 is 29.3 Å². The molecule has 4 heterocycles. The third-order valence-electron chi connectivity index (χ3n) is 8.93. The van der Waals surface area contributed by atoms with Gasteiger partial charge in [0.2, 0.25) is 0 Å². The van der Waals surface area contributed by atoms with Crippen molar-refractivity contribution in [3.63, 3.8) is 0 Å². The number of fused-ring (bicyclic) bond motifs is 2. The second-order valence-corrected chi connectivity index (χ2v) is 13.4. The van der Waals surface area contributed by atoms with E-state index < -0.39 is 11.9 Å². The van der Waals surface area contributed by atoms with Crippen LogP contribution in [0.25, 0.3) is 54.1 Å².